The zero-order valence-electron chi connectivity index (χ0n) is 21.7. The van der Waals surface area contributed by atoms with Gasteiger partial charge in [-0.1, -0.05) is 42.0 Å². The van der Waals surface area contributed by atoms with Crippen LogP contribution >= 0.6 is 24.0 Å². The minimum atomic E-state index is -4.28. The summed E-state index contributed by atoms with van der Waals surface area (Å²) in [4.78, 5) is 32.6. The van der Waals surface area contributed by atoms with Gasteiger partial charge in [-0.2, -0.15) is 0 Å². The number of nitrogens with zero attached hydrogens (tertiary/aromatic N) is 2. The highest BCUT2D eigenvalue weighted by Gasteiger charge is 2.53. The Hall–Kier alpha value is -3.24. The van der Waals surface area contributed by atoms with Gasteiger partial charge in [-0.05, 0) is 71.7 Å². The quantitative estimate of drug-likeness (QED) is 0.421. The number of rotatable bonds is 6. The fraction of sp³-hybridized carbons (Fsp3) is 0.276. The third-order valence-corrected chi connectivity index (χ3v) is 9.71. The van der Waals surface area contributed by atoms with E-state index in [0.717, 1.165) is 16.5 Å². The van der Waals surface area contributed by atoms with E-state index in [4.69, 9.17) is 16.3 Å². The average Bonchev–Trinajstić information content (AvgIpc) is 2.97. The Morgan fingerprint density at radius 3 is 2.55 bits per heavy atom. The number of allylic oxidation sites excluding steroid dienone is 3. The molecular weight excluding hydrogens is 573 g/mol. The zero-order valence-corrected chi connectivity index (χ0v) is 24.1. The van der Waals surface area contributed by atoms with E-state index in [0.29, 0.717) is 17.0 Å². The van der Waals surface area contributed by atoms with Gasteiger partial charge in [0, 0.05) is 37.1 Å². The predicted molar refractivity (Wildman–Crippen MR) is 157 cm³/mol. The lowest BCUT2D eigenvalue weighted by Crippen LogP contribution is -2.63. The van der Waals surface area contributed by atoms with Gasteiger partial charge in [0.1, 0.15) is 6.04 Å². The SMILES string of the molecule is CCOC(=O)C1CNCCN1C(=O)C1(S(=O)(=O)c2ccc3cc(Cl)ccc3c2)C=CC(c2ccncc2)=CC1.Cl. The molecule has 1 aliphatic carbocycles. The monoisotopic (exact) mass is 601 g/mol. The lowest BCUT2D eigenvalue weighted by molar-refractivity contribution is -0.156. The van der Waals surface area contributed by atoms with Crippen LogP contribution in [0.3, 0.4) is 0 Å². The maximum Gasteiger partial charge on any atom is 0.330 e. The molecule has 1 N–H and O–H groups in total. The van der Waals surface area contributed by atoms with Crippen LogP contribution in [0.2, 0.25) is 5.02 Å². The van der Waals surface area contributed by atoms with Crippen LogP contribution in [0, 0.1) is 0 Å². The Morgan fingerprint density at radius 1 is 1.12 bits per heavy atom. The number of nitrogens with one attached hydrogen (secondary N) is 1. The van der Waals surface area contributed by atoms with Crippen LogP contribution in [0.4, 0.5) is 0 Å². The van der Waals surface area contributed by atoms with Crippen LogP contribution in [0.25, 0.3) is 16.3 Å². The van der Waals surface area contributed by atoms with E-state index in [1.165, 1.54) is 17.0 Å². The topological polar surface area (TPSA) is 106 Å². The van der Waals surface area contributed by atoms with Crippen molar-refractivity contribution in [3.05, 3.63) is 89.7 Å². The van der Waals surface area contributed by atoms with Crippen LogP contribution in [-0.2, 0) is 24.2 Å². The van der Waals surface area contributed by atoms with Crippen molar-refractivity contribution in [3.63, 3.8) is 0 Å². The van der Waals surface area contributed by atoms with Gasteiger partial charge in [-0.15, -0.1) is 12.4 Å². The van der Waals surface area contributed by atoms with Crippen molar-refractivity contribution in [3.8, 4) is 0 Å². The van der Waals surface area contributed by atoms with Crippen molar-refractivity contribution in [1.82, 2.24) is 15.2 Å². The van der Waals surface area contributed by atoms with Gasteiger partial charge in [0.25, 0.3) is 0 Å². The van der Waals surface area contributed by atoms with Gasteiger partial charge in [0.05, 0.1) is 11.5 Å². The Kier molecular flexibility index (Phi) is 8.99. The Labute approximate surface area is 244 Å². The molecule has 0 bridgehead atoms. The fourth-order valence-electron chi connectivity index (χ4n) is 5.06. The van der Waals surface area contributed by atoms with E-state index in [1.54, 1.807) is 61.8 Å². The second-order valence-corrected chi connectivity index (χ2v) is 12.1. The van der Waals surface area contributed by atoms with Gasteiger partial charge in [0.15, 0.2) is 14.6 Å². The van der Waals surface area contributed by atoms with Gasteiger partial charge >= 0.3 is 5.97 Å². The van der Waals surface area contributed by atoms with Crippen molar-refractivity contribution in [1.29, 1.82) is 0 Å². The van der Waals surface area contributed by atoms with Gasteiger partial charge in [-0.25, -0.2) is 13.2 Å². The molecule has 2 heterocycles. The second kappa shape index (κ2) is 12.1. The predicted octanol–water partition coefficient (Wildman–Crippen LogP) is 4.23. The molecule has 210 valence electrons. The lowest BCUT2D eigenvalue weighted by Gasteiger charge is -2.41. The molecular formula is C29H29Cl2N3O5S. The molecule has 3 aromatic rings. The van der Waals surface area contributed by atoms with Crippen molar-refractivity contribution < 1.29 is 22.7 Å². The summed E-state index contributed by atoms with van der Waals surface area (Å²) in [5.41, 5.74) is 1.64. The molecule has 2 aliphatic rings. The van der Waals surface area contributed by atoms with Gasteiger partial charge < -0.3 is 15.0 Å². The largest absolute Gasteiger partial charge is 0.464 e. The third kappa shape index (κ3) is 5.39. The first-order valence-corrected chi connectivity index (χ1v) is 14.5. The lowest BCUT2D eigenvalue weighted by atomic mass is 9.91. The number of hydrogen-bond donors (Lipinski definition) is 1. The number of aromatic nitrogens is 1. The van der Waals surface area contributed by atoms with Crippen LogP contribution in [0.1, 0.15) is 18.9 Å². The molecule has 0 radical (unpaired) electrons. The molecule has 1 aliphatic heterocycles. The number of pyridine rings is 1. The standard InChI is InChI=1S/C29H28ClN3O5S.ClH/c1-2-38-27(34)26-19-32-15-16-33(26)28(35)29(11-7-20(8-12-29)21-9-13-31-14-10-21)39(36,37)25-6-4-22-17-24(30)5-3-23(22)18-25;/h3-11,13-14,17-18,26,32H,2,12,15-16,19H2,1H3;1H. The van der Waals surface area contributed by atoms with Crippen LogP contribution in [-0.4, -0.2) is 67.2 Å². The summed E-state index contributed by atoms with van der Waals surface area (Å²) in [5.74, 6) is -1.22. The normalized spacial score (nSPS) is 20.9. The first-order chi connectivity index (χ1) is 18.8. The highest BCUT2D eigenvalue weighted by atomic mass is 35.5. The fourth-order valence-corrected chi connectivity index (χ4v) is 7.09. The Morgan fingerprint density at radius 2 is 1.85 bits per heavy atom. The van der Waals surface area contributed by atoms with E-state index >= 15 is 0 Å². The number of ether oxygens (including phenoxy) is 1. The second-order valence-electron chi connectivity index (χ2n) is 9.45. The Balaban J connectivity index is 0.00000370. The van der Waals surface area contributed by atoms with E-state index in [2.05, 4.69) is 10.3 Å². The van der Waals surface area contributed by atoms with Crippen LogP contribution in [0.15, 0.2) is 84.0 Å². The summed E-state index contributed by atoms with van der Waals surface area (Å²) >= 11 is 6.11. The minimum absolute atomic E-state index is 0. The average molecular weight is 603 g/mol. The molecule has 11 heteroatoms. The number of amides is 1. The van der Waals surface area contributed by atoms with Gasteiger partial charge in [-0.3, -0.25) is 9.78 Å². The highest BCUT2D eigenvalue weighted by molar-refractivity contribution is 7.93. The number of carbonyl (C=O) groups is 2. The molecule has 1 fully saturated rings. The summed E-state index contributed by atoms with van der Waals surface area (Å²) in [6, 6.07) is 12.6. The molecule has 1 amide bonds. The van der Waals surface area contributed by atoms with Crippen LogP contribution < -0.4 is 5.32 Å². The highest BCUT2D eigenvalue weighted by Crippen LogP contribution is 2.39. The number of benzene rings is 2. The number of esters is 1. The molecule has 2 unspecified atom stereocenters. The number of halogens is 2. The summed E-state index contributed by atoms with van der Waals surface area (Å²) < 4.78 is 32.2. The van der Waals surface area contributed by atoms with E-state index < -0.39 is 32.5 Å². The van der Waals surface area contributed by atoms with Gasteiger partial charge in [0.2, 0.25) is 5.91 Å². The third-order valence-electron chi connectivity index (χ3n) is 7.16. The van der Waals surface area contributed by atoms with Crippen molar-refractivity contribution in [2.24, 2.45) is 0 Å². The number of carbonyl (C=O) groups excluding carboxylic acids is 2. The Bertz CT molecular complexity index is 1590. The molecule has 1 saturated heterocycles. The number of fused-ring (bicyclic) bond motifs is 1. The molecule has 2 atom stereocenters. The van der Waals surface area contributed by atoms with Crippen LogP contribution in [0.5, 0.6) is 0 Å². The molecule has 0 saturated carbocycles. The molecule has 8 nitrogen and oxygen atoms in total. The number of piperazine rings is 1. The van der Waals surface area contributed by atoms with E-state index in [-0.39, 0.29) is 43.4 Å². The number of hydrogen-bond acceptors (Lipinski definition) is 7. The first kappa shape index (κ1) is 29.7. The molecule has 1 aromatic heterocycles. The van der Waals surface area contributed by atoms with Crippen molar-refractivity contribution in [2.75, 3.05) is 26.2 Å². The maximum atomic E-state index is 14.5. The van der Waals surface area contributed by atoms with Crippen molar-refractivity contribution in [2.45, 2.75) is 29.0 Å². The minimum Gasteiger partial charge on any atom is -0.464 e. The summed E-state index contributed by atoms with van der Waals surface area (Å²) in [7, 11) is -4.28. The molecule has 2 aromatic carbocycles. The molecule has 0 spiro atoms. The number of sulfone groups is 1. The van der Waals surface area contributed by atoms with Crippen molar-refractivity contribution >= 4 is 62.1 Å². The molecule has 40 heavy (non-hydrogen) atoms. The smallest absolute Gasteiger partial charge is 0.330 e. The first-order valence-electron chi connectivity index (χ1n) is 12.7. The maximum absolute atomic E-state index is 14.5. The summed E-state index contributed by atoms with van der Waals surface area (Å²) in [6.07, 6.45) is 8.10. The zero-order chi connectivity index (χ0) is 27.6. The summed E-state index contributed by atoms with van der Waals surface area (Å²) in [6.45, 7) is 2.62. The van der Waals surface area contributed by atoms with E-state index in [9.17, 15) is 18.0 Å². The molecule has 5 rings (SSSR count). The van der Waals surface area contributed by atoms with E-state index in [1.807, 2.05) is 12.1 Å². The summed E-state index contributed by atoms with van der Waals surface area (Å²) in [5, 5.41) is 5.11.